The Labute approximate surface area is 138 Å². The Morgan fingerprint density at radius 2 is 1.17 bits per heavy atom. The van der Waals surface area contributed by atoms with Crippen LogP contribution < -0.4 is 0 Å². The molecule has 0 saturated heterocycles. The van der Waals surface area contributed by atoms with Gasteiger partial charge in [-0.05, 0) is 13.3 Å². The molecule has 1 N–H and O–H groups in total. The van der Waals surface area contributed by atoms with Crippen LogP contribution in [0.3, 0.4) is 0 Å². The highest BCUT2D eigenvalue weighted by molar-refractivity contribution is 5.66. The second-order valence-corrected chi connectivity index (χ2v) is 3.83. The SMILES string of the molecule is CC(=O)O.CCCCOC(C)=O.CCOC(C)=O.COC(C)=O. The molecule has 0 aromatic carbocycles. The minimum absolute atomic E-state index is 0.182. The predicted molar refractivity (Wildman–Crippen MR) is 84.8 cm³/mol. The van der Waals surface area contributed by atoms with Gasteiger partial charge in [-0.3, -0.25) is 19.2 Å². The number of unbranched alkanes of at least 4 members (excludes halogenated alkanes) is 1. The van der Waals surface area contributed by atoms with Crippen molar-refractivity contribution in [2.45, 2.75) is 54.4 Å². The summed E-state index contributed by atoms with van der Waals surface area (Å²) in [7, 11) is 1.35. The van der Waals surface area contributed by atoms with Crippen molar-refractivity contribution in [2.75, 3.05) is 20.3 Å². The van der Waals surface area contributed by atoms with E-state index in [9.17, 15) is 14.4 Å². The number of carboxylic acids is 1. The Kier molecular flexibility index (Phi) is 31.3. The van der Waals surface area contributed by atoms with Crippen LogP contribution in [-0.2, 0) is 33.4 Å². The van der Waals surface area contributed by atoms with Crippen LogP contribution in [0, 0.1) is 0 Å². The fraction of sp³-hybridized carbons (Fsp3) is 0.733. The van der Waals surface area contributed by atoms with E-state index in [2.05, 4.69) is 21.1 Å². The molecule has 0 unspecified atom stereocenters. The second-order valence-electron chi connectivity index (χ2n) is 3.83. The van der Waals surface area contributed by atoms with Crippen molar-refractivity contribution in [2.24, 2.45) is 0 Å². The number of carboxylic acid groups (broad SMARTS) is 1. The maximum atomic E-state index is 10.1. The van der Waals surface area contributed by atoms with Gasteiger partial charge in [0.25, 0.3) is 5.97 Å². The van der Waals surface area contributed by atoms with E-state index in [1.54, 1.807) is 6.92 Å². The van der Waals surface area contributed by atoms with Crippen molar-refractivity contribution in [1.29, 1.82) is 0 Å². The van der Waals surface area contributed by atoms with Gasteiger partial charge in [-0.1, -0.05) is 13.3 Å². The number of rotatable bonds is 4. The minimum Gasteiger partial charge on any atom is -0.481 e. The minimum atomic E-state index is -0.833. The number of methoxy groups -OCH3 is 1. The maximum absolute atomic E-state index is 10.1. The van der Waals surface area contributed by atoms with Crippen LogP contribution >= 0.6 is 0 Å². The monoisotopic (exact) mass is 338 g/mol. The lowest BCUT2D eigenvalue weighted by Crippen LogP contribution is -1.99. The average Bonchev–Trinajstić information content (AvgIpc) is 2.39. The molecule has 0 aliphatic heterocycles. The second kappa shape index (κ2) is 24.9. The Hall–Kier alpha value is -2.12. The van der Waals surface area contributed by atoms with Gasteiger partial charge in [0.05, 0.1) is 20.3 Å². The van der Waals surface area contributed by atoms with E-state index in [-0.39, 0.29) is 17.9 Å². The zero-order valence-corrected chi connectivity index (χ0v) is 15.1. The number of hydrogen-bond acceptors (Lipinski definition) is 7. The molecule has 0 aliphatic rings. The van der Waals surface area contributed by atoms with E-state index in [0.29, 0.717) is 13.2 Å². The molecule has 0 rings (SSSR count). The molecule has 0 aliphatic carbocycles. The number of carbonyl (C=O) groups excluding carboxylic acids is 3. The van der Waals surface area contributed by atoms with Crippen molar-refractivity contribution in [3.05, 3.63) is 0 Å². The van der Waals surface area contributed by atoms with Crippen LogP contribution in [0.5, 0.6) is 0 Å². The van der Waals surface area contributed by atoms with Gasteiger partial charge in [-0.15, -0.1) is 0 Å². The summed E-state index contributed by atoms with van der Waals surface area (Å²) >= 11 is 0. The Bertz CT molecular complexity index is 309. The van der Waals surface area contributed by atoms with Crippen LogP contribution in [0.4, 0.5) is 0 Å². The Morgan fingerprint density at radius 3 is 1.30 bits per heavy atom. The first-order valence-corrected chi connectivity index (χ1v) is 7.05. The maximum Gasteiger partial charge on any atom is 0.302 e. The lowest BCUT2D eigenvalue weighted by molar-refractivity contribution is -0.141. The fourth-order valence-electron chi connectivity index (χ4n) is 0.563. The number of ether oxygens (including phenoxy) is 3. The third kappa shape index (κ3) is 102. The van der Waals surface area contributed by atoms with Gasteiger partial charge < -0.3 is 19.3 Å². The summed E-state index contributed by atoms with van der Waals surface area (Å²) in [6.07, 6.45) is 2.05. The highest BCUT2D eigenvalue weighted by Gasteiger charge is 1.88. The van der Waals surface area contributed by atoms with Crippen molar-refractivity contribution in [1.82, 2.24) is 0 Å². The summed E-state index contributed by atoms with van der Waals surface area (Å²) in [5, 5.41) is 7.42. The smallest absolute Gasteiger partial charge is 0.302 e. The molecule has 8 nitrogen and oxygen atoms in total. The van der Waals surface area contributed by atoms with Crippen molar-refractivity contribution < 1.29 is 38.5 Å². The molecule has 0 radical (unpaired) electrons. The van der Waals surface area contributed by atoms with Gasteiger partial charge in [-0.25, -0.2) is 0 Å². The van der Waals surface area contributed by atoms with Crippen LogP contribution in [0.15, 0.2) is 0 Å². The summed E-state index contributed by atoms with van der Waals surface area (Å²) in [6, 6.07) is 0. The molecule has 0 aromatic heterocycles. The van der Waals surface area contributed by atoms with E-state index in [0.717, 1.165) is 19.8 Å². The third-order valence-electron chi connectivity index (χ3n) is 1.44. The van der Waals surface area contributed by atoms with E-state index >= 15 is 0 Å². The van der Waals surface area contributed by atoms with Crippen molar-refractivity contribution >= 4 is 23.9 Å². The highest BCUT2D eigenvalue weighted by Crippen LogP contribution is 1.86. The molecule has 0 amide bonds. The molecule has 0 fully saturated rings. The van der Waals surface area contributed by atoms with E-state index < -0.39 is 5.97 Å². The van der Waals surface area contributed by atoms with E-state index in [1.165, 1.54) is 27.9 Å². The van der Waals surface area contributed by atoms with E-state index in [4.69, 9.17) is 9.90 Å². The first-order valence-electron chi connectivity index (χ1n) is 7.05. The van der Waals surface area contributed by atoms with Gasteiger partial charge >= 0.3 is 17.9 Å². The summed E-state index contributed by atoms with van der Waals surface area (Å²) in [5.41, 5.74) is 0. The number of hydrogen-bond donors (Lipinski definition) is 1. The largest absolute Gasteiger partial charge is 0.481 e. The van der Waals surface area contributed by atoms with E-state index in [1.807, 2.05) is 0 Å². The van der Waals surface area contributed by atoms with Gasteiger partial charge in [0.15, 0.2) is 0 Å². The first-order chi connectivity index (χ1) is 10.5. The van der Waals surface area contributed by atoms with Crippen LogP contribution in [-0.4, -0.2) is 49.3 Å². The quantitative estimate of drug-likeness (QED) is 0.471. The number of aliphatic carboxylic acids is 1. The molecule has 0 heterocycles. The zero-order chi connectivity index (χ0) is 19.3. The standard InChI is InChI=1S/C6H12O2.C4H8O2.C3H6O2.C2H4O2/c1-3-4-5-8-6(2)7;1-3-6-4(2)5;1-3(4)5-2;1-2(3)4/h3-5H2,1-2H3;3H2,1-2H3;1-2H3;1H3,(H,3,4). The van der Waals surface area contributed by atoms with Crippen molar-refractivity contribution in [3.63, 3.8) is 0 Å². The summed E-state index contributed by atoms with van der Waals surface area (Å²) in [6.45, 7) is 10.2. The van der Waals surface area contributed by atoms with Gasteiger partial charge in [0, 0.05) is 27.7 Å². The van der Waals surface area contributed by atoms with Crippen LogP contribution in [0.2, 0.25) is 0 Å². The molecular formula is C15H30O8. The van der Waals surface area contributed by atoms with Gasteiger partial charge in [0.1, 0.15) is 0 Å². The molecule has 0 bridgehead atoms. The molecule has 0 spiro atoms. The summed E-state index contributed by atoms with van der Waals surface area (Å²) < 4.78 is 13.2. The zero-order valence-electron chi connectivity index (χ0n) is 15.1. The Balaban J connectivity index is -0.000000108. The molecule has 0 saturated carbocycles. The summed E-state index contributed by atoms with van der Waals surface area (Å²) in [4.78, 5) is 38.5. The van der Waals surface area contributed by atoms with Gasteiger partial charge in [0.2, 0.25) is 0 Å². The Morgan fingerprint density at radius 1 is 0.826 bits per heavy atom. The molecule has 23 heavy (non-hydrogen) atoms. The van der Waals surface area contributed by atoms with Crippen LogP contribution in [0.25, 0.3) is 0 Å². The predicted octanol–water partition coefficient (Wildman–Crippen LogP) is 2.19. The molecule has 0 aromatic rings. The number of esters is 3. The third-order valence-corrected chi connectivity index (χ3v) is 1.44. The molecule has 0 atom stereocenters. The number of carbonyl (C=O) groups is 4. The topological polar surface area (TPSA) is 116 Å². The summed E-state index contributed by atoms with van der Waals surface area (Å²) in [5.74, 6) is -1.47. The molecular weight excluding hydrogens is 308 g/mol. The fourth-order valence-corrected chi connectivity index (χ4v) is 0.563. The van der Waals surface area contributed by atoms with Crippen molar-refractivity contribution in [3.8, 4) is 0 Å². The first kappa shape index (κ1) is 29.0. The average molecular weight is 338 g/mol. The van der Waals surface area contributed by atoms with Crippen LogP contribution in [0.1, 0.15) is 54.4 Å². The lowest BCUT2D eigenvalue weighted by atomic mass is 10.4. The highest BCUT2D eigenvalue weighted by atomic mass is 16.5. The van der Waals surface area contributed by atoms with Gasteiger partial charge in [-0.2, -0.15) is 0 Å². The normalized spacial score (nSPS) is 7.61. The molecule has 138 valence electrons. The molecule has 8 heteroatoms. The lowest BCUT2D eigenvalue weighted by Gasteiger charge is -1.96.